The van der Waals surface area contributed by atoms with Crippen LogP contribution in [0.3, 0.4) is 0 Å². The van der Waals surface area contributed by atoms with Crippen LogP contribution < -0.4 is 20.5 Å². The van der Waals surface area contributed by atoms with Gasteiger partial charge in [-0.15, -0.1) is 0 Å². The molecular formula is C14H22N2O3. The highest BCUT2D eigenvalue weighted by Crippen LogP contribution is 2.17. The van der Waals surface area contributed by atoms with E-state index in [0.29, 0.717) is 18.9 Å². The highest BCUT2D eigenvalue weighted by atomic mass is 16.5. The van der Waals surface area contributed by atoms with Gasteiger partial charge in [-0.25, -0.2) is 0 Å². The van der Waals surface area contributed by atoms with Gasteiger partial charge in [-0.05, 0) is 37.6 Å². The van der Waals surface area contributed by atoms with Gasteiger partial charge >= 0.3 is 0 Å². The standard InChI is InChI=1S/C14H22N2O3/c1-3-8-18-12-4-6-13(7-5-12)19-10-14(17)16-11(2)9-15/h4-7,11H,3,8-10,15H2,1-2H3,(H,16,17)/t11-/m0/s1. The average Bonchev–Trinajstić information content (AvgIpc) is 2.43. The van der Waals surface area contributed by atoms with Crippen molar-refractivity contribution in [2.75, 3.05) is 19.8 Å². The maximum atomic E-state index is 11.5. The first kappa shape index (κ1) is 15.3. The number of hydrogen-bond donors (Lipinski definition) is 2. The predicted octanol–water partition coefficient (Wildman–Crippen LogP) is 1.32. The Morgan fingerprint density at radius 1 is 1.26 bits per heavy atom. The Balaban J connectivity index is 2.35. The minimum atomic E-state index is -0.177. The third-order valence-corrected chi connectivity index (χ3v) is 2.43. The van der Waals surface area contributed by atoms with E-state index in [-0.39, 0.29) is 18.6 Å². The zero-order chi connectivity index (χ0) is 14.1. The number of rotatable bonds is 8. The summed E-state index contributed by atoms with van der Waals surface area (Å²) < 4.78 is 10.8. The summed E-state index contributed by atoms with van der Waals surface area (Å²) in [6.07, 6.45) is 0.970. The van der Waals surface area contributed by atoms with E-state index in [2.05, 4.69) is 12.2 Å². The lowest BCUT2D eigenvalue weighted by atomic mass is 10.3. The molecule has 1 atom stereocenters. The first-order valence-electron chi connectivity index (χ1n) is 6.50. The monoisotopic (exact) mass is 266 g/mol. The smallest absolute Gasteiger partial charge is 0.258 e. The van der Waals surface area contributed by atoms with Gasteiger partial charge < -0.3 is 20.5 Å². The van der Waals surface area contributed by atoms with Crippen LogP contribution in [-0.4, -0.2) is 31.7 Å². The summed E-state index contributed by atoms with van der Waals surface area (Å²) in [5.74, 6) is 1.26. The third-order valence-electron chi connectivity index (χ3n) is 2.43. The fourth-order valence-corrected chi connectivity index (χ4v) is 1.38. The number of benzene rings is 1. The van der Waals surface area contributed by atoms with Crippen molar-refractivity contribution in [3.05, 3.63) is 24.3 Å². The molecule has 1 aromatic carbocycles. The molecule has 1 amide bonds. The minimum absolute atomic E-state index is 0.0144. The number of nitrogens with one attached hydrogen (secondary N) is 1. The highest BCUT2D eigenvalue weighted by molar-refractivity contribution is 5.77. The second-order valence-electron chi connectivity index (χ2n) is 4.31. The molecule has 0 radical (unpaired) electrons. The summed E-state index contributed by atoms with van der Waals surface area (Å²) in [4.78, 5) is 11.5. The van der Waals surface area contributed by atoms with E-state index in [4.69, 9.17) is 15.2 Å². The molecule has 0 fully saturated rings. The number of ether oxygens (including phenoxy) is 2. The Kier molecular flexibility index (Phi) is 6.74. The SMILES string of the molecule is CCCOc1ccc(OCC(=O)N[C@@H](C)CN)cc1. The van der Waals surface area contributed by atoms with Crippen molar-refractivity contribution in [1.29, 1.82) is 0 Å². The largest absolute Gasteiger partial charge is 0.494 e. The van der Waals surface area contributed by atoms with Crippen molar-refractivity contribution in [3.8, 4) is 11.5 Å². The van der Waals surface area contributed by atoms with E-state index in [0.717, 1.165) is 12.2 Å². The molecule has 0 heterocycles. The number of hydrogen-bond acceptors (Lipinski definition) is 4. The molecule has 19 heavy (non-hydrogen) atoms. The Bertz CT molecular complexity index is 379. The van der Waals surface area contributed by atoms with Crippen LogP contribution >= 0.6 is 0 Å². The molecule has 0 saturated carbocycles. The van der Waals surface area contributed by atoms with Crippen molar-refractivity contribution >= 4 is 5.91 Å². The number of amides is 1. The van der Waals surface area contributed by atoms with E-state index in [9.17, 15) is 4.79 Å². The quantitative estimate of drug-likeness (QED) is 0.744. The molecule has 1 rings (SSSR count). The van der Waals surface area contributed by atoms with Crippen LogP contribution in [0.25, 0.3) is 0 Å². The van der Waals surface area contributed by atoms with Crippen molar-refractivity contribution in [3.63, 3.8) is 0 Å². The molecule has 106 valence electrons. The summed E-state index contributed by atoms with van der Waals surface area (Å²) >= 11 is 0. The summed E-state index contributed by atoms with van der Waals surface area (Å²) in [5, 5.41) is 2.73. The lowest BCUT2D eigenvalue weighted by Gasteiger charge is -2.12. The fourth-order valence-electron chi connectivity index (χ4n) is 1.38. The van der Waals surface area contributed by atoms with Gasteiger partial charge in [0.1, 0.15) is 11.5 Å². The average molecular weight is 266 g/mol. The predicted molar refractivity (Wildman–Crippen MR) is 74.4 cm³/mol. The van der Waals surface area contributed by atoms with Crippen molar-refractivity contribution in [1.82, 2.24) is 5.32 Å². The Labute approximate surface area is 114 Å². The van der Waals surface area contributed by atoms with Crippen LogP contribution in [0, 0.1) is 0 Å². The van der Waals surface area contributed by atoms with Crippen molar-refractivity contribution in [2.24, 2.45) is 5.73 Å². The molecule has 0 unspecified atom stereocenters. The second kappa shape index (κ2) is 8.37. The van der Waals surface area contributed by atoms with Gasteiger partial charge in [0.25, 0.3) is 5.91 Å². The Morgan fingerprint density at radius 2 is 1.84 bits per heavy atom. The van der Waals surface area contributed by atoms with Gasteiger partial charge in [0, 0.05) is 12.6 Å². The van der Waals surface area contributed by atoms with Crippen molar-refractivity contribution in [2.45, 2.75) is 26.3 Å². The molecule has 0 bridgehead atoms. The Morgan fingerprint density at radius 3 is 2.37 bits per heavy atom. The number of nitrogens with two attached hydrogens (primary N) is 1. The lowest BCUT2D eigenvalue weighted by Crippen LogP contribution is -2.40. The van der Waals surface area contributed by atoms with Crippen LogP contribution in [0.5, 0.6) is 11.5 Å². The summed E-state index contributed by atoms with van der Waals surface area (Å²) in [7, 11) is 0. The summed E-state index contributed by atoms with van der Waals surface area (Å²) in [6.45, 7) is 4.99. The van der Waals surface area contributed by atoms with E-state index in [1.807, 2.05) is 19.1 Å². The molecule has 5 heteroatoms. The van der Waals surface area contributed by atoms with Crippen LogP contribution in [0.1, 0.15) is 20.3 Å². The summed E-state index contributed by atoms with van der Waals surface area (Å²) in [6, 6.07) is 7.17. The van der Waals surface area contributed by atoms with Gasteiger partial charge in [-0.1, -0.05) is 6.92 Å². The first-order chi connectivity index (χ1) is 9.15. The number of carbonyl (C=O) groups excluding carboxylic acids is 1. The molecule has 0 spiro atoms. The maximum absolute atomic E-state index is 11.5. The van der Waals surface area contributed by atoms with Crippen LogP contribution in [0.4, 0.5) is 0 Å². The molecule has 0 aromatic heterocycles. The molecule has 0 aliphatic rings. The van der Waals surface area contributed by atoms with Gasteiger partial charge in [0.15, 0.2) is 6.61 Å². The van der Waals surface area contributed by atoms with E-state index < -0.39 is 0 Å². The Hall–Kier alpha value is -1.75. The molecule has 0 saturated heterocycles. The second-order valence-corrected chi connectivity index (χ2v) is 4.31. The molecule has 0 aliphatic carbocycles. The van der Waals surface area contributed by atoms with Crippen molar-refractivity contribution < 1.29 is 14.3 Å². The maximum Gasteiger partial charge on any atom is 0.258 e. The molecule has 0 aliphatic heterocycles. The normalized spacial score (nSPS) is 11.7. The van der Waals surface area contributed by atoms with Gasteiger partial charge in [-0.3, -0.25) is 4.79 Å². The molecular weight excluding hydrogens is 244 g/mol. The van der Waals surface area contributed by atoms with E-state index >= 15 is 0 Å². The number of carbonyl (C=O) groups is 1. The lowest BCUT2D eigenvalue weighted by molar-refractivity contribution is -0.123. The van der Waals surface area contributed by atoms with Crippen LogP contribution in [0.15, 0.2) is 24.3 Å². The topological polar surface area (TPSA) is 73.6 Å². The summed E-state index contributed by atoms with van der Waals surface area (Å²) in [5.41, 5.74) is 5.41. The minimum Gasteiger partial charge on any atom is -0.494 e. The molecule has 1 aromatic rings. The zero-order valence-electron chi connectivity index (χ0n) is 11.5. The highest BCUT2D eigenvalue weighted by Gasteiger charge is 2.06. The van der Waals surface area contributed by atoms with E-state index in [1.54, 1.807) is 12.1 Å². The molecule has 3 N–H and O–H groups in total. The van der Waals surface area contributed by atoms with Gasteiger partial charge in [-0.2, -0.15) is 0 Å². The van der Waals surface area contributed by atoms with E-state index in [1.165, 1.54) is 0 Å². The first-order valence-corrected chi connectivity index (χ1v) is 6.50. The van der Waals surface area contributed by atoms with Crippen LogP contribution in [-0.2, 0) is 4.79 Å². The van der Waals surface area contributed by atoms with Gasteiger partial charge in [0.05, 0.1) is 6.61 Å². The third kappa shape index (κ3) is 6.10. The zero-order valence-corrected chi connectivity index (χ0v) is 11.5. The van der Waals surface area contributed by atoms with Crippen LogP contribution in [0.2, 0.25) is 0 Å². The fraction of sp³-hybridized carbons (Fsp3) is 0.500. The molecule has 5 nitrogen and oxygen atoms in total. The van der Waals surface area contributed by atoms with Gasteiger partial charge in [0.2, 0.25) is 0 Å².